The monoisotopic (exact) mass is 347 g/mol. The maximum absolute atomic E-state index is 12.7. The minimum Gasteiger partial charge on any atom is -0.381 e. The Bertz CT molecular complexity index is 564. The predicted octanol–water partition coefficient (Wildman–Crippen LogP) is 0.992. The lowest BCUT2D eigenvalue weighted by Gasteiger charge is -2.36. The summed E-state index contributed by atoms with van der Waals surface area (Å²) < 4.78 is 10.8. The first-order valence-electron chi connectivity index (χ1n) is 9.12. The zero-order valence-electron chi connectivity index (χ0n) is 15.0. The molecule has 6 nitrogen and oxygen atoms in total. The SMILES string of the molecule is Cc1ccc(C(CNC(=O)C2(N)CCOCC2)N2CCOCC2)cc1. The molecule has 0 aliphatic carbocycles. The molecule has 1 aromatic carbocycles. The van der Waals surface area contributed by atoms with Crippen molar-refractivity contribution in [2.24, 2.45) is 5.73 Å². The third-order valence-corrected chi connectivity index (χ3v) is 5.24. The number of nitrogens with one attached hydrogen (secondary N) is 1. The maximum atomic E-state index is 12.7. The van der Waals surface area contributed by atoms with Crippen LogP contribution in [0.4, 0.5) is 0 Å². The smallest absolute Gasteiger partial charge is 0.240 e. The molecule has 138 valence electrons. The minimum atomic E-state index is -0.804. The maximum Gasteiger partial charge on any atom is 0.240 e. The third-order valence-electron chi connectivity index (χ3n) is 5.24. The van der Waals surface area contributed by atoms with Gasteiger partial charge in [-0.3, -0.25) is 9.69 Å². The van der Waals surface area contributed by atoms with Crippen molar-refractivity contribution in [3.05, 3.63) is 35.4 Å². The molecule has 0 bridgehead atoms. The van der Waals surface area contributed by atoms with Gasteiger partial charge in [-0.2, -0.15) is 0 Å². The molecule has 2 heterocycles. The number of aryl methyl sites for hydroxylation is 1. The van der Waals surface area contributed by atoms with Gasteiger partial charge in [0.1, 0.15) is 0 Å². The Kier molecular flexibility index (Phi) is 6.06. The summed E-state index contributed by atoms with van der Waals surface area (Å²) in [6, 6.07) is 8.67. The first-order valence-corrected chi connectivity index (χ1v) is 9.12. The Morgan fingerprint density at radius 2 is 1.76 bits per heavy atom. The van der Waals surface area contributed by atoms with Crippen LogP contribution >= 0.6 is 0 Å². The van der Waals surface area contributed by atoms with Crippen LogP contribution in [0.5, 0.6) is 0 Å². The lowest BCUT2D eigenvalue weighted by Crippen LogP contribution is -2.58. The topological polar surface area (TPSA) is 76.8 Å². The Morgan fingerprint density at radius 3 is 2.40 bits per heavy atom. The fraction of sp³-hybridized carbons (Fsp3) is 0.632. The van der Waals surface area contributed by atoms with E-state index < -0.39 is 5.54 Å². The standard InChI is InChI=1S/C19H29N3O3/c1-15-2-4-16(5-3-15)17(22-8-12-25-13-9-22)14-21-18(23)19(20)6-10-24-11-7-19/h2-5,17H,6-14,20H2,1H3,(H,21,23). The molecule has 1 atom stereocenters. The van der Waals surface area contributed by atoms with Crippen LogP contribution in [0.2, 0.25) is 0 Å². The summed E-state index contributed by atoms with van der Waals surface area (Å²) in [7, 11) is 0. The lowest BCUT2D eigenvalue weighted by atomic mass is 9.90. The van der Waals surface area contributed by atoms with Gasteiger partial charge in [0, 0.05) is 32.8 Å². The van der Waals surface area contributed by atoms with E-state index in [1.165, 1.54) is 11.1 Å². The van der Waals surface area contributed by atoms with Gasteiger partial charge in [0.25, 0.3) is 0 Å². The van der Waals surface area contributed by atoms with Crippen molar-refractivity contribution >= 4 is 5.91 Å². The van der Waals surface area contributed by atoms with Crippen LogP contribution in [0, 0.1) is 6.92 Å². The van der Waals surface area contributed by atoms with Crippen LogP contribution in [0.3, 0.4) is 0 Å². The van der Waals surface area contributed by atoms with Gasteiger partial charge in [-0.05, 0) is 25.3 Å². The molecule has 0 radical (unpaired) electrons. The van der Waals surface area contributed by atoms with Gasteiger partial charge in [0.05, 0.1) is 24.8 Å². The Labute approximate surface area is 149 Å². The number of amides is 1. The molecule has 3 rings (SSSR count). The van der Waals surface area contributed by atoms with E-state index in [4.69, 9.17) is 15.2 Å². The van der Waals surface area contributed by atoms with E-state index in [9.17, 15) is 4.79 Å². The third kappa shape index (κ3) is 4.58. The zero-order valence-corrected chi connectivity index (χ0v) is 15.0. The molecule has 0 saturated carbocycles. The Morgan fingerprint density at radius 1 is 1.16 bits per heavy atom. The van der Waals surface area contributed by atoms with E-state index in [2.05, 4.69) is 41.4 Å². The number of nitrogens with two attached hydrogens (primary N) is 1. The van der Waals surface area contributed by atoms with Crippen molar-refractivity contribution < 1.29 is 14.3 Å². The second-order valence-corrected chi connectivity index (χ2v) is 7.05. The minimum absolute atomic E-state index is 0.0684. The number of hydrogen-bond donors (Lipinski definition) is 2. The van der Waals surface area contributed by atoms with Crippen LogP contribution < -0.4 is 11.1 Å². The molecule has 1 amide bonds. The first-order chi connectivity index (χ1) is 12.1. The molecule has 2 fully saturated rings. The molecule has 3 N–H and O–H groups in total. The Balaban J connectivity index is 1.68. The van der Waals surface area contributed by atoms with Crippen molar-refractivity contribution in [1.82, 2.24) is 10.2 Å². The molecule has 2 aliphatic heterocycles. The summed E-state index contributed by atoms with van der Waals surface area (Å²) in [5.74, 6) is -0.0684. The number of hydrogen-bond acceptors (Lipinski definition) is 5. The summed E-state index contributed by atoms with van der Waals surface area (Å²) in [6.45, 7) is 6.94. The van der Waals surface area contributed by atoms with Crippen LogP contribution in [-0.4, -0.2) is 62.4 Å². The first kappa shape index (κ1) is 18.3. The van der Waals surface area contributed by atoms with E-state index in [1.807, 2.05) is 0 Å². The van der Waals surface area contributed by atoms with Crippen molar-refractivity contribution in [1.29, 1.82) is 0 Å². The van der Waals surface area contributed by atoms with Crippen LogP contribution in [0.25, 0.3) is 0 Å². The van der Waals surface area contributed by atoms with E-state index in [1.54, 1.807) is 0 Å². The van der Waals surface area contributed by atoms with Gasteiger partial charge in [0.15, 0.2) is 0 Å². The number of morpholine rings is 1. The molecule has 25 heavy (non-hydrogen) atoms. The highest BCUT2D eigenvalue weighted by Gasteiger charge is 2.36. The highest BCUT2D eigenvalue weighted by atomic mass is 16.5. The van der Waals surface area contributed by atoms with Gasteiger partial charge in [-0.1, -0.05) is 29.8 Å². The van der Waals surface area contributed by atoms with Crippen LogP contribution in [0.1, 0.15) is 30.0 Å². The largest absolute Gasteiger partial charge is 0.381 e. The van der Waals surface area contributed by atoms with E-state index in [-0.39, 0.29) is 11.9 Å². The number of nitrogens with zero attached hydrogens (tertiary/aromatic N) is 1. The van der Waals surface area contributed by atoms with Gasteiger partial charge >= 0.3 is 0 Å². The number of ether oxygens (including phenoxy) is 2. The van der Waals surface area contributed by atoms with E-state index >= 15 is 0 Å². The predicted molar refractivity (Wildman–Crippen MR) is 96.3 cm³/mol. The van der Waals surface area contributed by atoms with Gasteiger partial charge < -0.3 is 20.5 Å². The molecule has 2 aliphatic rings. The highest BCUT2D eigenvalue weighted by molar-refractivity contribution is 5.86. The fourth-order valence-corrected chi connectivity index (χ4v) is 3.46. The van der Waals surface area contributed by atoms with E-state index in [0.29, 0.717) is 32.6 Å². The molecule has 0 aromatic heterocycles. The van der Waals surface area contributed by atoms with Crippen molar-refractivity contribution in [2.75, 3.05) is 46.1 Å². The van der Waals surface area contributed by atoms with Crippen molar-refractivity contribution in [3.63, 3.8) is 0 Å². The molecule has 6 heteroatoms. The molecule has 1 aromatic rings. The number of carbonyl (C=O) groups excluding carboxylic acids is 1. The second-order valence-electron chi connectivity index (χ2n) is 7.05. The lowest BCUT2D eigenvalue weighted by molar-refractivity contribution is -0.130. The van der Waals surface area contributed by atoms with Crippen LogP contribution in [-0.2, 0) is 14.3 Å². The summed E-state index contributed by atoms with van der Waals surface area (Å²) in [4.78, 5) is 15.0. The molecular weight excluding hydrogens is 318 g/mol. The average molecular weight is 347 g/mol. The summed E-state index contributed by atoms with van der Waals surface area (Å²) in [6.07, 6.45) is 1.15. The fourth-order valence-electron chi connectivity index (χ4n) is 3.46. The summed E-state index contributed by atoms with van der Waals surface area (Å²) in [5.41, 5.74) is 7.94. The average Bonchev–Trinajstić information content (AvgIpc) is 2.64. The molecule has 2 saturated heterocycles. The van der Waals surface area contributed by atoms with Crippen LogP contribution in [0.15, 0.2) is 24.3 Å². The molecule has 0 spiro atoms. The zero-order chi connectivity index (χ0) is 17.7. The van der Waals surface area contributed by atoms with Gasteiger partial charge in [-0.15, -0.1) is 0 Å². The number of rotatable bonds is 5. The van der Waals surface area contributed by atoms with Gasteiger partial charge in [-0.25, -0.2) is 0 Å². The normalized spacial score (nSPS) is 22.3. The number of carbonyl (C=O) groups is 1. The van der Waals surface area contributed by atoms with Crippen molar-refractivity contribution in [3.8, 4) is 0 Å². The summed E-state index contributed by atoms with van der Waals surface area (Å²) in [5, 5.41) is 3.10. The highest BCUT2D eigenvalue weighted by Crippen LogP contribution is 2.23. The summed E-state index contributed by atoms with van der Waals surface area (Å²) >= 11 is 0. The van der Waals surface area contributed by atoms with Gasteiger partial charge in [0.2, 0.25) is 5.91 Å². The molecular formula is C19H29N3O3. The second kappa shape index (κ2) is 8.27. The van der Waals surface area contributed by atoms with E-state index in [0.717, 1.165) is 26.3 Å². The quantitative estimate of drug-likeness (QED) is 0.831. The van der Waals surface area contributed by atoms with Crippen molar-refractivity contribution in [2.45, 2.75) is 31.3 Å². The molecule has 1 unspecified atom stereocenters. The number of benzene rings is 1. The Hall–Kier alpha value is -1.47.